The summed E-state index contributed by atoms with van der Waals surface area (Å²) < 4.78 is 51.1. The molecule has 0 saturated heterocycles. The van der Waals surface area contributed by atoms with E-state index in [2.05, 4.69) is 15.4 Å². The number of rotatable bonds is 7. The van der Waals surface area contributed by atoms with E-state index in [1.165, 1.54) is 23.5 Å². The van der Waals surface area contributed by atoms with Crippen LogP contribution in [0.3, 0.4) is 0 Å². The maximum Gasteiger partial charge on any atom is 0.231 e. The SMILES string of the molecule is Cc1cc(NC(=O)CCCS(=O)(=O)c2ccc(F)cc2)n(-c2nc3cc4c(cc3s2)OCO4)n1. The molecular formula is C22H19FN4O5S2. The van der Waals surface area contributed by atoms with Gasteiger partial charge in [-0.3, -0.25) is 4.79 Å². The normalized spacial score (nSPS) is 12.9. The van der Waals surface area contributed by atoms with Crippen molar-refractivity contribution >= 4 is 43.1 Å². The second kappa shape index (κ2) is 8.69. The van der Waals surface area contributed by atoms with Gasteiger partial charge in [0.2, 0.25) is 17.8 Å². The fraction of sp³-hybridized carbons (Fsp3) is 0.227. The molecule has 1 N–H and O–H groups in total. The number of carbonyl (C=O) groups is 1. The highest BCUT2D eigenvalue weighted by Crippen LogP contribution is 2.39. The van der Waals surface area contributed by atoms with E-state index in [9.17, 15) is 17.6 Å². The number of ether oxygens (including phenoxy) is 2. The zero-order valence-electron chi connectivity index (χ0n) is 17.9. The van der Waals surface area contributed by atoms with Gasteiger partial charge in [0.1, 0.15) is 11.6 Å². The van der Waals surface area contributed by atoms with E-state index in [0.29, 0.717) is 28.1 Å². The van der Waals surface area contributed by atoms with E-state index in [1.54, 1.807) is 23.7 Å². The van der Waals surface area contributed by atoms with Crippen LogP contribution in [0.4, 0.5) is 10.2 Å². The monoisotopic (exact) mass is 502 g/mol. The quantitative estimate of drug-likeness (QED) is 0.382. The number of hydrogen-bond acceptors (Lipinski definition) is 8. The van der Waals surface area contributed by atoms with Crippen molar-refractivity contribution in [1.29, 1.82) is 0 Å². The second-order valence-electron chi connectivity index (χ2n) is 7.68. The minimum absolute atomic E-state index is 0.00804. The van der Waals surface area contributed by atoms with Gasteiger partial charge in [0.15, 0.2) is 21.3 Å². The van der Waals surface area contributed by atoms with Gasteiger partial charge in [-0.15, -0.1) is 0 Å². The number of fused-ring (bicyclic) bond motifs is 2. The topological polar surface area (TPSA) is 112 Å². The summed E-state index contributed by atoms with van der Waals surface area (Å²) >= 11 is 1.39. The largest absolute Gasteiger partial charge is 0.454 e. The number of nitrogens with zero attached hydrogens (tertiary/aromatic N) is 3. The molecule has 5 rings (SSSR count). The van der Waals surface area contributed by atoms with E-state index in [-0.39, 0.29) is 36.2 Å². The zero-order chi connectivity index (χ0) is 23.9. The molecule has 1 amide bonds. The Morgan fingerprint density at radius 1 is 1.18 bits per heavy atom. The van der Waals surface area contributed by atoms with Crippen molar-refractivity contribution in [3.05, 3.63) is 54.0 Å². The minimum atomic E-state index is -3.60. The lowest BCUT2D eigenvalue weighted by molar-refractivity contribution is -0.116. The van der Waals surface area contributed by atoms with Gasteiger partial charge in [-0.05, 0) is 37.6 Å². The molecule has 12 heteroatoms. The van der Waals surface area contributed by atoms with Crippen molar-refractivity contribution in [1.82, 2.24) is 14.8 Å². The molecule has 4 aromatic rings. The highest BCUT2D eigenvalue weighted by molar-refractivity contribution is 7.91. The minimum Gasteiger partial charge on any atom is -0.454 e. The number of hydrogen-bond donors (Lipinski definition) is 1. The van der Waals surface area contributed by atoms with Crippen LogP contribution in [0.1, 0.15) is 18.5 Å². The molecule has 176 valence electrons. The molecular weight excluding hydrogens is 483 g/mol. The molecule has 0 aliphatic carbocycles. The lowest BCUT2D eigenvalue weighted by Gasteiger charge is -2.07. The first kappa shape index (κ1) is 22.3. The van der Waals surface area contributed by atoms with Crippen LogP contribution in [0.5, 0.6) is 11.5 Å². The highest BCUT2D eigenvalue weighted by Gasteiger charge is 2.20. The number of sulfone groups is 1. The summed E-state index contributed by atoms with van der Waals surface area (Å²) in [5.41, 5.74) is 1.41. The Hall–Kier alpha value is -3.51. The number of benzene rings is 2. The van der Waals surface area contributed by atoms with Gasteiger partial charge < -0.3 is 14.8 Å². The van der Waals surface area contributed by atoms with Crippen molar-refractivity contribution in [2.24, 2.45) is 0 Å². The second-order valence-corrected chi connectivity index (χ2v) is 10.8. The average Bonchev–Trinajstić information content (AvgIpc) is 3.49. The van der Waals surface area contributed by atoms with Crippen molar-refractivity contribution in [2.75, 3.05) is 17.9 Å². The number of carbonyl (C=O) groups excluding carboxylic acids is 1. The molecule has 0 atom stereocenters. The Morgan fingerprint density at radius 2 is 1.91 bits per heavy atom. The van der Waals surface area contributed by atoms with E-state index < -0.39 is 15.7 Å². The van der Waals surface area contributed by atoms with Crippen molar-refractivity contribution in [3.63, 3.8) is 0 Å². The number of aromatic nitrogens is 3. The molecule has 0 fully saturated rings. The zero-order valence-corrected chi connectivity index (χ0v) is 19.6. The van der Waals surface area contributed by atoms with E-state index in [1.807, 2.05) is 6.07 Å². The van der Waals surface area contributed by atoms with Gasteiger partial charge in [0, 0.05) is 24.6 Å². The molecule has 2 aromatic heterocycles. The first-order valence-electron chi connectivity index (χ1n) is 10.3. The van der Waals surface area contributed by atoms with Crippen LogP contribution in [0.2, 0.25) is 0 Å². The fourth-order valence-electron chi connectivity index (χ4n) is 3.52. The van der Waals surface area contributed by atoms with Gasteiger partial charge >= 0.3 is 0 Å². The molecule has 0 spiro atoms. The van der Waals surface area contributed by atoms with E-state index in [0.717, 1.165) is 22.3 Å². The number of thiazole rings is 1. The Kier molecular flexibility index (Phi) is 5.70. The first-order chi connectivity index (χ1) is 16.3. The summed E-state index contributed by atoms with van der Waals surface area (Å²) in [6.07, 6.45) is 0.108. The number of anilines is 1. The van der Waals surface area contributed by atoms with Crippen molar-refractivity contribution in [2.45, 2.75) is 24.7 Å². The Morgan fingerprint density at radius 3 is 2.68 bits per heavy atom. The summed E-state index contributed by atoms with van der Waals surface area (Å²) in [5, 5.41) is 7.78. The number of halogens is 1. The fourth-order valence-corrected chi connectivity index (χ4v) is 5.77. The van der Waals surface area contributed by atoms with Crippen LogP contribution in [-0.2, 0) is 14.6 Å². The molecule has 1 aliphatic heterocycles. The van der Waals surface area contributed by atoms with Crippen LogP contribution in [0.25, 0.3) is 15.3 Å². The summed E-state index contributed by atoms with van der Waals surface area (Å²) in [6.45, 7) is 1.98. The third-order valence-electron chi connectivity index (χ3n) is 5.14. The molecule has 2 aromatic carbocycles. The van der Waals surface area contributed by atoms with Crippen LogP contribution >= 0.6 is 11.3 Å². The van der Waals surface area contributed by atoms with Crippen LogP contribution in [0.15, 0.2) is 47.4 Å². The van der Waals surface area contributed by atoms with Gasteiger partial charge in [0.25, 0.3) is 0 Å². The molecule has 34 heavy (non-hydrogen) atoms. The number of amides is 1. The number of nitrogens with one attached hydrogen (secondary N) is 1. The summed E-state index contributed by atoms with van der Waals surface area (Å²) in [6, 6.07) is 10.00. The first-order valence-corrected chi connectivity index (χ1v) is 12.8. The van der Waals surface area contributed by atoms with E-state index in [4.69, 9.17) is 9.47 Å². The summed E-state index contributed by atoms with van der Waals surface area (Å²) in [4.78, 5) is 17.2. The Balaban J connectivity index is 1.27. The molecule has 3 heterocycles. The third kappa shape index (κ3) is 4.46. The molecule has 0 radical (unpaired) electrons. The maximum atomic E-state index is 13.0. The summed E-state index contributed by atoms with van der Waals surface area (Å²) in [5.74, 6) is 0.634. The molecule has 0 bridgehead atoms. The standard InChI is InChI=1S/C22H19FN4O5S2/c1-13-9-20(25-21(28)3-2-8-34(29,30)15-6-4-14(23)5-7-15)27(26-13)22-24-16-10-17-18(32-12-31-17)11-19(16)33-22/h4-7,9-11H,2-3,8,12H2,1H3,(H,25,28). The lowest BCUT2D eigenvalue weighted by Crippen LogP contribution is -2.16. The molecule has 1 aliphatic rings. The van der Waals surface area contributed by atoms with Crippen molar-refractivity contribution < 1.29 is 27.1 Å². The van der Waals surface area contributed by atoms with Crippen LogP contribution in [0, 0.1) is 12.7 Å². The van der Waals surface area contributed by atoms with Gasteiger partial charge in [-0.1, -0.05) is 11.3 Å². The van der Waals surface area contributed by atoms with Crippen LogP contribution < -0.4 is 14.8 Å². The van der Waals surface area contributed by atoms with Gasteiger partial charge in [-0.2, -0.15) is 9.78 Å². The predicted molar refractivity (Wildman–Crippen MR) is 124 cm³/mol. The smallest absolute Gasteiger partial charge is 0.231 e. The third-order valence-corrected chi connectivity index (χ3v) is 7.95. The lowest BCUT2D eigenvalue weighted by atomic mass is 10.3. The summed E-state index contributed by atoms with van der Waals surface area (Å²) in [7, 11) is -3.60. The Bertz CT molecular complexity index is 1450. The number of aryl methyl sites for hydroxylation is 1. The van der Waals surface area contributed by atoms with E-state index >= 15 is 0 Å². The van der Waals surface area contributed by atoms with Crippen LogP contribution in [-0.4, -0.2) is 41.6 Å². The van der Waals surface area contributed by atoms with Gasteiger partial charge in [0.05, 0.1) is 26.6 Å². The molecule has 0 saturated carbocycles. The van der Waals surface area contributed by atoms with Gasteiger partial charge in [-0.25, -0.2) is 17.8 Å². The molecule has 0 unspecified atom stereocenters. The average molecular weight is 503 g/mol. The predicted octanol–water partition coefficient (Wildman–Crippen LogP) is 3.85. The maximum absolute atomic E-state index is 13.0. The molecule has 9 nitrogen and oxygen atoms in total. The van der Waals surface area contributed by atoms with Crippen molar-refractivity contribution in [3.8, 4) is 16.6 Å². The Labute approximate surface area is 198 Å². The highest BCUT2D eigenvalue weighted by atomic mass is 32.2.